The van der Waals surface area contributed by atoms with Crippen molar-refractivity contribution < 1.29 is 5.11 Å². The number of benzene rings is 1. The van der Waals surface area contributed by atoms with Crippen LogP contribution in [0.1, 0.15) is 25.7 Å². The van der Waals surface area contributed by atoms with E-state index in [0.717, 1.165) is 71.4 Å². The van der Waals surface area contributed by atoms with E-state index in [4.69, 9.17) is 4.98 Å². The third-order valence-corrected chi connectivity index (χ3v) is 7.02. The van der Waals surface area contributed by atoms with Gasteiger partial charge >= 0.3 is 0 Å². The number of nitrogens with zero attached hydrogens (tertiary/aromatic N) is 1. The summed E-state index contributed by atoms with van der Waals surface area (Å²) in [5.41, 5.74) is 4.72. The van der Waals surface area contributed by atoms with Gasteiger partial charge in [-0.25, -0.2) is 4.98 Å². The molecule has 168 valence electrons. The van der Waals surface area contributed by atoms with Crippen LogP contribution >= 0.6 is 11.3 Å². The number of thiophene rings is 1. The Balaban J connectivity index is 1.55. The zero-order valence-electron chi connectivity index (χ0n) is 18.0. The summed E-state index contributed by atoms with van der Waals surface area (Å²) >= 11 is 1.60. The largest absolute Gasteiger partial charge is 0.393 e. The van der Waals surface area contributed by atoms with E-state index in [2.05, 4.69) is 25.9 Å². The van der Waals surface area contributed by atoms with Crippen LogP contribution in [0.3, 0.4) is 0 Å². The number of fused-ring (bicyclic) bond motifs is 2. The lowest BCUT2D eigenvalue weighted by Gasteiger charge is -2.27. The third-order valence-electron chi connectivity index (χ3n) is 6.09. The molecule has 1 fully saturated rings. The van der Waals surface area contributed by atoms with E-state index >= 15 is 0 Å². The van der Waals surface area contributed by atoms with E-state index in [1.165, 1.54) is 0 Å². The Morgan fingerprint density at radius 3 is 2.78 bits per heavy atom. The number of anilines is 2. The predicted molar refractivity (Wildman–Crippen MR) is 132 cm³/mol. The van der Waals surface area contributed by atoms with Crippen molar-refractivity contribution in [2.45, 2.75) is 37.8 Å². The molecule has 1 saturated carbocycles. The number of H-pyrrole nitrogens is 2. The molecule has 4 aromatic rings. The maximum absolute atomic E-state index is 13.2. The summed E-state index contributed by atoms with van der Waals surface area (Å²) in [6.07, 6.45) is 3.08. The molecule has 32 heavy (non-hydrogen) atoms. The molecule has 1 aliphatic carbocycles. The lowest BCUT2D eigenvalue weighted by molar-refractivity contribution is 0.126. The molecule has 0 bridgehead atoms. The summed E-state index contributed by atoms with van der Waals surface area (Å²) in [6, 6.07) is 8.14. The van der Waals surface area contributed by atoms with E-state index in [1.54, 1.807) is 11.3 Å². The van der Waals surface area contributed by atoms with Crippen molar-refractivity contribution >= 4 is 44.0 Å². The molecule has 1 aliphatic rings. The average Bonchev–Trinajstić information content (AvgIpc) is 3.41. The van der Waals surface area contributed by atoms with Gasteiger partial charge in [-0.1, -0.05) is 0 Å². The number of aliphatic hydroxyl groups excluding tert-OH is 1. The standard InChI is InChI=1S/C23H28N6O2S/c1-24-9-10-25-14-4-7-16-18(12-14)28-22(27-16)19-20(26-13-2-5-15(30)6-3-13)21-17(8-11-32-21)29-23(19)31/h4,7-8,11-13,15,24-25,30H,2-3,5-6,9-10H2,1H3,(H,27,28)(H2,26,29,31). The van der Waals surface area contributed by atoms with Gasteiger partial charge in [0.15, 0.2) is 0 Å². The Labute approximate surface area is 189 Å². The van der Waals surface area contributed by atoms with Crippen molar-refractivity contribution in [1.29, 1.82) is 0 Å². The fraction of sp³-hybridized carbons (Fsp3) is 0.391. The molecular formula is C23H28N6O2S. The molecular weight excluding hydrogens is 424 g/mol. The smallest absolute Gasteiger partial charge is 0.261 e. The van der Waals surface area contributed by atoms with Crippen molar-refractivity contribution in [3.05, 3.63) is 40.0 Å². The molecule has 0 amide bonds. The first-order valence-electron chi connectivity index (χ1n) is 11.1. The maximum atomic E-state index is 13.2. The highest BCUT2D eigenvalue weighted by atomic mass is 32.1. The van der Waals surface area contributed by atoms with Gasteiger partial charge in [0, 0.05) is 24.8 Å². The quantitative estimate of drug-likeness (QED) is 0.239. The van der Waals surface area contributed by atoms with E-state index in [9.17, 15) is 9.90 Å². The first-order chi connectivity index (χ1) is 15.6. The Morgan fingerprint density at radius 2 is 1.97 bits per heavy atom. The second-order valence-electron chi connectivity index (χ2n) is 8.36. The van der Waals surface area contributed by atoms with Gasteiger partial charge in [-0.05, 0) is 62.4 Å². The first kappa shape index (κ1) is 21.0. The van der Waals surface area contributed by atoms with Crippen LogP contribution < -0.4 is 21.5 Å². The number of rotatable bonds is 7. The highest BCUT2D eigenvalue weighted by molar-refractivity contribution is 7.17. The number of aliphatic hydroxyl groups is 1. The third kappa shape index (κ3) is 4.11. The van der Waals surface area contributed by atoms with E-state index in [1.807, 2.05) is 36.7 Å². The topological polar surface area (TPSA) is 118 Å². The molecule has 9 heteroatoms. The van der Waals surface area contributed by atoms with Gasteiger partial charge in [-0.15, -0.1) is 11.3 Å². The van der Waals surface area contributed by atoms with Gasteiger partial charge in [-0.3, -0.25) is 4.79 Å². The Hall–Kier alpha value is -2.88. The lowest BCUT2D eigenvalue weighted by atomic mass is 9.93. The van der Waals surface area contributed by atoms with Gasteiger partial charge in [0.25, 0.3) is 5.56 Å². The highest BCUT2D eigenvalue weighted by Crippen LogP contribution is 2.36. The molecule has 3 aromatic heterocycles. The van der Waals surface area contributed by atoms with Crippen LogP contribution in [0, 0.1) is 0 Å². The second-order valence-corrected chi connectivity index (χ2v) is 9.28. The number of pyridine rings is 1. The van der Waals surface area contributed by atoms with Crippen molar-refractivity contribution in [3.63, 3.8) is 0 Å². The SMILES string of the molecule is CNCCNc1ccc2nc(-c3c(NC4CCC(O)CC4)c4sccc4[nH]c3=O)[nH]c2c1. The Morgan fingerprint density at radius 1 is 1.12 bits per heavy atom. The monoisotopic (exact) mass is 452 g/mol. The molecule has 0 saturated heterocycles. The molecule has 8 nitrogen and oxygen atoms in total. The van der Waals surface area contributed by atoms with Crippen LogP contribution in [-0.4, -0.2) is 52.3 Å². The summed E-state index contributed by atoms with van der Waals surface area (Å²) in [5.74, 6) is 0.558. The first-order valence-corrected chi connectivity index (χ1v) is 12.0. The second kappa shape index (κ2) is 8.93. The van der Waals surface area contributed by atoms with Gasteiger partial charge in [0.1, 0.15) is 11.4 Å². The van der Waals surface area contributed by atoms with Crippen molar-refractivity contribution in [2.24, 2.45) is 0 Å². The van der Waals surface area contributed by atoms with Crippen LogP contribution in [0.15, 0.2) is 34.4 Å². The Kier molecular flexibility index (Phi) is 5.86. The van der Waals surface area contributed by atoms with Crippen molar-refractivity contribution in [1.82, 2.24) is 20.3 Å². The van der Waals surface area contributed by atoms with Gasteiger partial charge in [0.05, 0.1) is 33.0 Å². The molecule has 0 aliphatic heterocycles. The molecule has 0 unspecified atom stereocenters. The summed E-state index contributed by atoms with van der Waals surface area (Å²) < 4.78 is 1.01. The predicted octanol–water partition coefficient (Wildman–Crippen LogP) is 3.48. The van der Waals surface area contributed by atoms with Crippen LogP contribution in [0.25, 0.3) is 32.6 Å². The summed E-state index contributed by atoms with van der Waals surface area (Å²) in [4.78, 5) is 24.3. The molecule has 3 heterocycles. The number of hydrogen-bond acceptors (Lipinski definition) is 7. The average molecular weight is 453 g/mol. The van der Waals surface area contributed by atoms with Gasteiger partial charge in [-0.2, -0.15) is 0 Å². The number of hydrogen-bond donors (Lipinski definition) is 6. The molecule has 5 rings (SSSR count). The molecule has 0 atom stereocenters. The number of aromatic amines is 2. The summed E-state index contributed by atoms with van der Waals surface area (Å²) in [7, 11) is 1.93. The molecule has 6 N–H and O–H groups in total. The minimum atomic E-state index is -0.222. The zero-order valence-corrected chi connectivity index (χ0v) is 18.8. The highest BCUT2D eigenvalue weighted by Gasteiger charge is 2.24. The van der Waals surface area contributed by atoms with Crippen LogP contribution in [0.4, 0.5) is 11.4 Å². The molecule has 0 radical (unpaired) electrons. The van der Waals surface area contributed by atoms with Crippen LogP contribution in [-0.2, 0) is 0 Å². The Bertz CT molecular complexity index is 1280. The summed E-state index contributed by atoms with van der Waals surface area (Å²) in [5, 5.41) is 22.0. The number of nitrogens with one attached hydrogen (secondary N) is 5. The van der Waals surface area contributed by atoms with Crippen LogP contribution in [0.5, 0.6) is 0 Å². The van der Waals surface area contributed by atoms with E-state index in [0.29, 0.717) is 11.4 Å². The summed E-state index contributed by atoms with van der Waals surface area (Å²) in [6.45, 7) is 1.69. The molecule has 0 spiro atoms. The lowest BCUT2D eigenvalue weighted by Crippen LogP contribution is -2.29. The fourth-order valence-corrected chi connectivity index (χ4v) is 5.24. The fourth-order valence-electron chi connectivity index (χ4n) is 4.37. The van der Waals surface area contributed by atoms with E-state index < -0.39 is 0 Å². The van der Waals surface area contributed by atoms with E-state index in [-0.39, 0.29) is 17.7 Å². The number of likely N-dealkylation sites (N-methyl/N-ethyl adjacent to an activating group) is 1. The van der Waals surface area contributed by atoms with Crippen molar-refractivity contribution in [3.8, 4) is 11.4 Å². The minimum absolute atomic E-state index is 0.166. The minimum Gasteiger partial charge on any atom is -0.393 e. The van der Waals surface area contributed by atoms with Gasteiger partial charge in [0.2, 0.25) is 0 Å². The van der Waals surface area contributed by atoms with Crippen LogP contribution in [0.2, 0.25) is 0 Å². The number of aromatic nitrogens is 3. The van der Waals surface area contributed by atoms with Gasteiger partial charge < -0.3 is 31.0 Å². The zero-order chi connectivity index (χ0) is 22.1. The normalized spacial score (nSPS) is 18.9. The maximum Gasteiger partial charge on any atom is 0.261 e. The van der Waals surface area contributed by atoms with Crippen molar-refractivity contribution in [2.75, 3.05) is 30.8 Å². The number of imidazole rings is 1. The molecule has 1 aromatic carbocycles.